The van der Waals surface area contributed by atoms with Gasteiger partial charge in [-0.3, -0.25) is 0 Å². The van der Waals surface area contributed by atoms with Crippen molar-refractivity contribution >= 4 is 6.16 Å². The number of nitrogens with zero attached hydrogens (tertiary/aromatic N) is 1. The van der Waals surface area contributed by atoms with Gasteiger partial charge in [-0.25, -0.2) is 10.1 Å². The summed E-state index contributed by atoms with van der Waals surface area (Å²) in [4.78, 5) is 11.6. The highest BCUT2D eigenvalue weighted by Gasteiger charge is 2.22. The number of carbonyl (C=O) groups is 1. The summed E-state index contributed by atoms with van der Waals surface area (Å²) in [6.07, 6.45) is 8.99. The molecule has 4 heteroatoms. The summed E-state index contributed by atoms with van der Waals surface area (Å²) in [6, 6.07) is 0. The number of hydrogen-bond donors (Lipinski definition) is 0. The van der Waals surface area contributed by atoms with Crippen LogP contribution in [0, 0.1) is 0 Å². The van der Waals surface area contributed by atoms with Crippen LogP contribution in [-0.4, -0.2) is 25.0 Å². The van der Waals surface area contributed by atoms with Crippen LogP contribution >= 0.6 is 0 Å². The fourth-order valence-corrected chi connectivity index (χ4v) is 2.29. The molecule has 1 aliphatic heterocycles. The smallest absolute Gasteiger partial charge is 0.431 e. The zero-order chi connectivity index (χ0) is 13.9. The standard InChI is InChI=1S/C15H28NO3/c1-3-5-6-7-8-10-13(4-2)18-15(17)19-14-11-9-12-16-14/h13-14H,3-12H2,1-2H3. The molecule has 1 rings (SSSR count). The van der Waals surface area contributed by atoms with Crippen molar-refractivity contribution in [2.45, 2.75) is 84.0 Å². The zero-order valence-corrected chi connectivity index (χ0v) is 12.4. The number of rotatable bonds is 9. The van der Waals surface area contributed by atoms with E-state index in [1.54, 1.807) is 0 Å². The van der Waals surface area contributed by atoms with E-state index in [4.69, 9.17) is 9.47 Å². The Bertz CT molecular complexity index is 240. The van der Waals surface area contributed by atoms with Crippen LogP contribution in [0.15, 0.2) is 0 Å². The van der Waals surface area contributed by atoms with Crippen molar-refractivity contribution < 1.29 is 14.3 Å². The summed E-state index contributed by atoms with van der Waals surface area (Å²) in [5.41, 5.74) is 0. The van der Waals surface area contributed by atoms with Gasteiger partial charge in [0.1, 0.15) is 6.10 Å². The maximum atomic E-state index is 11.6. The molecule has 1 aliphatic rings. The predicted octanol–water partition coefficient (Wildman–Crippen LogP) is 4.00. The molecule has 0 saturated carbocycles. The normalized spacial score (nSPS) is 20.2. The molecule has 0 aromatic rings. The average Bonchev–Trinajstić information content (AvgIpc) is 2.89. The fourth-order valence-electron chi connectivity index (χ4n) is 2.29. The van der Waals surface area contributed by atoms with Gasteiger partial charge in [0.05, 0.1) is 0 Å². The maximum Gasteiger partial charge on any atom is 0.510 e. The fraction of sp³-hybridized carbons (Fsp3) is 0.933. The van der Waals surface area contributed by atoms with E-state index in [1.165, 1.54) is 25.7 Å². The van der Waals surface area contributed by atoms with Gasteiger partial charge < -0.3 is 9.47 Å². The van der Waals surface area contributed by atoms with Crippen molar-refractivity contribution in [2.75, 3.05) is 6.54 Å². The quantitative estimate of drug-likeness (QED) is 0.470. The van der Waals surface area contributed by atoms with Crippen molar-refractivity contribution in [3.8, 4) is 0 Å². The molecule has 0 N–H and O–H groups in total. The van der Waals surface area contributed by atoms with Crippen LogP contribution in [0.2, 0.25) is 0 Å². The molecule has 2 unspecified atom stereocenters. The molecule has 0 aromatic carbocycles. The molecular weight excluding hydrogens is 242 g/mol. The Morgan fingerprint density at radius 1 is 1.26 bits per heavy atom. The first kappa shape index (κ1) is 16.3. The number of unbranched alkanes of at least 4 members (excludes halogenated alkanes) is 4. The summed E-state index contributed by atoms with van der Waals surface area (Å²) in [5, 5.41) is 4.18. The van der Waals surface area contributed by atoms with Crippen LogP contribution in [0.4, 0.5) is 4.79 Å². The van der Waals surface area contributed by atoms with E-state index in [0.29, 0.717) is 0 Å². The molecule has 1 heterocycles. The van der Waals surface area contributed by atoms with Gasteiger partial charge in [0.2, 0.25) is 0 Å². The van der Waals surface area contributed by atoms with Crippen LogP contribution in [0.1, 0.15) is 71.6 Å². The Kier molecular flexibility index (Phi) is 8.63. The molecular formula is C15H28NO3. The van der Waals surface area contributed by atoms with E-state index in [-0.39, 0.29) is 12.3 Å². The summed E-state index contributed by atoms with van der Waals surface area (Å²) in [6.45, 7) is 5.05. The minimum atomic E-state index is -0.545. The lowest BCUT2D eigenvalue weighted by atomic mass is 10.1. The van der Waals surface area contributed by atoms with E-state index in [1.807, 2.05) is 6.92 Å². The second-order valence-corrected chi connectivity index (χ2v) is 5.22. The number of ether oxygens (including phenoxy) is 2. The largest absolute Gasteiger partial charge is 0.510 e. The highest BCUT2D eigenvalue weighted by Crippen LogP contribution is 2.14. The van der Waals surface area contributed by atoms with Crippen molar-refractivity contribution in [3.05, 3.63) is 0 Å². The Hall–Kier alpha value is -0.770. The van der Waals surface area contributed by atoms with Crippen LogP contribution in [-0.2, 0) is 9.47 Å². The molecule has 1 saturated heterocycles. The van der Waals surface area contributed by atoms with Crippen molar-refractivity contribution in [1.82, 2.24) is 5.32 Å². The Balaban J connectivity index is 2.10. The first-order chi connectivity index (χ1) is 9.26. The van der Waals surface area contributed by atoms with Gasteiger partial charge in [0.25, 0.3) is 0 Å². The third kappa shape index (κ3) is 7.41. The number of hydrogen-bond acceptors (Lipinski definition) is 3. The predicted molar refractivity (Wildman–Crippen MR) is 75.0 cm³/mol. The molecule has 1 fully saturated rings. The van der Waals surface area contributed by atoms with Gasteiger partial charge in [-0.1, -0.05) is 39.5 Å². The van der Waals surface area contributed by atoms with Gasteiger partial charge in [0, 0.05) is 13.0 Å². The van der Waals surface area contributed by atoms with Crippen LogP contribution < -0.4 is 5.32 Å². The van der Waals surface area contributed by atoms with E-state index in [2.05, 4.69) is 12.2 Å². The van der Waals surface area contributed by atoms with Crippen molar-refractivity contribution in [2.24, 2.45) is 0 Å². The third-order valence-electron chi connectivity index (χ3n) is 3.52. The number of carbonyl (C=O) groups excluding carboxylic acids is 1. The molecule has 0 aromatic heterocycles. The molecule has 1 radical (unpaired) electrons. The van der Waals surface area contributed by atoms with E-state index >= 15 is 0 Å². The van der Waals surface area contributed by atoms with Crippen molar-refractivity contribution in [1.29, 1.82) is 0 Å². The Labute approximate surface area is 117 Å². The lowest BCUT2D eigenvalue weighted by Gasteiger charge is -2.17. The van der Waals surface area contributed by atoms with Gasteiger partial charge in [-0.05, 0) is 25.7 Å². The van der Waals surface area contributed by atoms with Gasteiger partial charge in [-0.15, -0.1) is 0 Å². The molecule has 2 atom stereocenters. The highest BCUT2D eigenvalue weighted by molar-refractivity contribution is 5.60. The molecule has 0 bridgehead atoms. The monoisotopic (exact) mass is 270 g/mol. The van der Waals surface area contributed by atoms with Crippen molar-refractivity contribution in [3.63, 3.8) is 0 Å². The van der Waals surface area contributed by atoms with Crippen LogP contribution in [0.25, 0.3) is 0 Å². The van der Waals surface area contributed by atoms with Gasteiger partial charge in [0.15, 0.2) is 6.23 Å². The first-order valence-electron chi connectivity index (χ1n) is 7.80. The maximum absolute atomic E-state index is 11.6. The lowest BCUT2D eigenvalue weighted by Crippen LogP contribution is -2.26. The van der Waals surface area contributed by atoms with Crippen LogP contribution in [0.5, 0.6) is 0 Å². The van der Waals surface area contributed by atoms with Gasteiger partial charge >= 0.3 is 6.16 Å². The molecule has 0 spiro atoms. The van der Waals surface area contributed by atoms with E-state index in [9.17, 15) is 4.79 Å². The summed E-state index contributed by atoms with van der Waals surface area (Å²) in [5.74, 6) is 0. The van der Waals surface area contributed by atoms with E-state index < -0.39 is 6.16 Å². The Morgan fingerprint density at radius 3 is 2.68 bits per heavy atom. The second-order valence-electron chi connectivity index (χ2n) is 5.22. The SMILES string of the molecule is CCCCCCCC(CC)OC(=O)OC1CCC[N]1. The molecule has 111 valence electrons. The molecule has 0 amide bonds. The molecule has 4 nitrogen and oxygen atoms in total. The third-order valence-corrected chi connectivity index (χ3v) is 3.52. The minimum absolute atomic E-state index is 0.00414. The van der Waals surface area contributed by atoms with Gasteiger partial charge in [-0.2, -0.15) is 0 Å². The minimum Gasteiger partial charge on any atom is -0.431 e. The first-order valence-corrected chi connectivity index (χ1v) is 7.80. The highest BCUT2D eigenvalue weighted by atomic mass is 16.7. The average molecular weight is 270 g/mol. The zero-order valence-electron chi connectivity index (χ0n) is 12.4. The Morgan fingerprint density at radius 2 is 2.05 bits per heavy atom. The topological polar surface area (TPSA) is 49.6 Å². The van der Waals surface area contributed by atoms with Crippen LogP contribution in [0.3, 0.4) is 0 Å². The second kappa shape index (κ2) is 10.1. The molecule has 19 heavy (non-hydrogen) atoms. The lowest BCUT2D eigenvalue weighted by molar-refractivity contribution is -0.00964. The summed E-state index contributed by atoms with van der Waals surface area (Å²) >= 11 is 0. The summed E-state index contributed by atoms with van der Waals surface area (Å²) < 4.78 is 10.5. The van der Waals surface area contributed by atoms with E-state index in [0.717, 1.165) is 38.6 Å². The summed E-state index contributed by atoms with van der Waals surface area (Å²) in [7, 11) is 0. The molecule has 0 aliphatic carbocycles.